The number of nitrogens with zero attached hydrogens (tertiary/aromatic N) is 4. The smallest absolute Gasteiger partial charge is 0.251 e. The number of hydrogen-bond donors (Lipinski definition) is 0. The van der Waals surface area contributed by atoms with Gasteiger partial charge in [0, 0.05) is 55.0 Å². The molecule has 0 radical (unpaired) electrons. The van der Waals surface area contributed by atoms with Crippen LogP contribution in [-0.2, 0) is 0 Å². The van der Waals surface area contributed by atoms with Crippen LogP contribution in [0, 0.1) is 4.91 Å². The first-order valence-corrected chi connectivity index (χ1v) is 8.96. The second-order valence-electron chi connectivity index (χ2n) is 6.58. The lowest BCUT2D eigenvalue weighted by atomic mass is 10.1. The number of pyridine rings is 1. The highest BCUT2D eigenvalue weighted by Gasteiger charge is 2.34. The van der Waals surface area contributed by atoms with Gasteiger partial charge in [0.2, 0.25) is 0 Å². The van der Waals surface area contributed by atoms with E-state index in [0.29, 0.717) is 10.7 Å². The molecule has 0 amide bonds. The molecule has 1 aromatic carbocycles. The Hall–Kier alpha value is -2.74. The van der Waals surface area contributed by atoms with E-state index >= 15 is 0 Å². The van der Waals surface area contributed by atoms with Crippen molar-refractivity contribution in [1.29, 1.82) is 0 Å². The van der Waals surface area contributed by atoms with Crippen molar-refractivity contribution in [2.75, 3.05) is 13.1 Å². The topological polar surface area (TPSA) is 50.5 Å². The van der Waals surface area contributed by atoms with Crippen molar-refractivity contribution in [3.8, 4) is 5.69 Å². The summed E-state index contributed by atoms with van der Waals surface area (Å²) < 4.78 is 28.6. The standard InChI is InChI=1S/C19H16F2N4OS/c20-19(21)6-9-24(10-7-19)18(27)14-11-13-5-8-25(17(13)22-12-14)16-3-1-15(23-26)2-4-16/h1-5,8,11-12H,6-7,9-10H2. The molecule has 8 heteroatoms. The normalized spacial score (nSPS) is 16.4. The third kappa shape index (κ3) is 3.44. The summed E-state index contributed by atoms with van der Waals surface area (Å²) in [5.41, 5.74) is 2.72. The lowest BCUT2D eigenvalue weighted by Gasteiger charge is -2.33. The maximum atomic E-state index is 13.4. The van der Waals surface area contributed by atoms with Gasteiger partial charge in [-0.1, -0.05) is 12.2 Å². The fourth-order valence-electron chi connectivity index (χ4n) is 3.24. The second-order valence-corrected chi connectivity index (χ2v) is 6.97. The van der Waals surface area contributed by atoms with Gasteiger partial charge in [-0.2, -0.15) is 0 Å². The van der Waals surface area contributed by atoms with Crippen LogP contribution in [0.3, 0.4) is 0 Å². The molecule has 5 nitrogen and oxygen atoms in total. The number of likely N-dealkylation sites (tertiary alicyclic amines) is 1. The van der Waals surface area contributed by atoms with E-state index in [-0.39, 0.29) is 25.9 Å². The Morgan fingerprint density at radius 3 is 2.52 bits per heavy atom. The monoisotopic (exact) mass is 386 g/mol. The number of hydrogen-bond acceptors (Lipinski definition) is 4. The molecule has 0 atom stereocenters. The molecular weight excluding hydrogens is 370 g/mol. The highest BCUT2D eigenvalue weighted by atomic mass is 32.1. The Bertz CT molecular complexity index is 1010. The average Bonchev–Trinajstić information content (AvgIpc) is 3.10. The van der Waals surface area contributed by atoms with E-state index in [9.17, 15) is 13.7 Å². The highest BCUT2D eigenvalue weighted by molar-refractivity contribution is 7.80. The van der Waals surface area contributed by atoms with E-state index in [2.05, 4.69) is 10.2 Å². The van der Waals surface area contributed by atoms with Gasteiger partial charge in [0.25, 0.3) is 5.92 Å². The lowest BCUT2D eigenvalue weighted by Crippen LogP contribution is -2.42. The van der Waals surface area contributed by atoms with Crippen molar-refractivity contribution in [3.05, 3.63) is 59.3 Å². The van der Waals surface area contributed by atoms with Crippen LogP contribution < -0.4 is 0 Å². The minimum atomic E-state index is -2.60. The summed E-state index contributed by atoms with van der Waals surface area (Å²) in [6.07, 6.45) is 3.21. The summed E-state index contributed by atoms with van der Waals surface area (Å²) in [6.45, 7) is 0.504. The molecule has 138 valence electrons. The number of piperidine rings is 1. The minimum Gasteiger partial charge on any atom is -0.362 e. The van der Waals surface area contributed by atoms with Gasteiger partial charge in [-0.15, -0.1) is 4.91 Å². The molecule has 1 aliphatic heterocycles. The molecule has 0 bridgehead atoms. The zero-order valence-corrected chi connectivity index (χ0v) is 15.1. The van der Waals surface area contributed by atoms with Crippen LogP contribution in [0.4, 0.5) is 14.5 Å². The van der Waals surface area contributed by atoms with E-state index in [1.807, 2.05) is 27.8 Å². The third-order valence-corrected chi connectivity index (χ3v) is 5.28. The number of benzene rings is 1. The summed E-state index contributed by atoms with van der Waals surface area (Å²) in [5, 5.41) is 3.80. The van der Waals surface area contributed by atoms with E-state index < -0.39 is 5.92 Å². The average molecular weight is 386 g/mol. The first-order valence-electron chi connectivity index (χ1n) is 8.55. The van der Waals surface area contributed by atoms with Crippen LogP contribution in [0.15, 0.2) is 54.0 Å². The van der Waals surface area contributed by atoms with Gasteiger partial charge in [0.1, 0.15) is 16.3 Å². The van der Waals surface area contributed by atoms with Crippen LogP contribution >= 0.6 is 12.2 Å². The van der Waals surface area contributed by atoms with E-state index in [4.69, 9.17) is 12.2 Å². The molecule has 2 aromatic heterocycles. The predicted octanol–water partition coefficient (Wildman–Crippen LogP) is 4.83. The van der Waals surface area contributed by atoms with Gasteiger partial charge < -0.3 is 9.47 Å². The number of alkyl halides is 2. The van der Waals surface area contributed by atoms with Gasteiger partial charge in [-0.25, -0.2) is 13.8 Å². The van der Waals surface area contributed by atoms with Crippen molar-refractivity contribution in [2.45, 2.75) is 18.8 Å². The lowest BCUT2D eigenvalue weighted by molar-refractivity contribution is -0.0430. The number of nitroso groups, excluding NO2 is 1. The highest BCUT2D eigenvalue weighted by Crippen LogP contribution is 2.29. The third-order valence-electron chi connectivity index (χ3n) is 4.79. The largest absolute Gasteiger partial charge is 0.362 e. The SMILES string of the molecule is O=Nc1ccc(-n2ccc3cc(C(=S)N4CCC(F)(F)CC4)cnc32)cc1. The van der Waals surface area contributed by atoms with E-state index in [0.717, 1.165) is 22.3 Å². The fourth-order valence-corrected chi connectivity index (χ4v) is 3.54. The molecule has 0 N–H and O–H groups in total. The fraction of sp³-hybridized carbons (Fsp3) is 0.263. The summed E-state index contributed by atoms with van der Waals surface area (Å²) >= 11 is 5.50. The molecule has 1 saturated heterocycles. The zero-order chi connectivity index (χ0) is 19.0. The quantitative estimate of drug-likeness (QED) is 0.478. The Kier molecular flexibility index (Phi) is 4.43. The van der Waals surface area contributed by atoms with Crippen molar-refractivity contribution in [3.63, 3.8) is 0 Å². The predicted molar refractivity (Wildman–Crippen MR) is 104 cm³/mol. The first kappa shape index (κ1) is 17.7. The van der Waals surface area contributed by atoms with Gasteiger partial charge in [-0.05, 0) is 41.6 Å². The molecule has 0 saturated carbocycles. The summed E-state index contributed by atoms with van der Waals surface area (Å²) in [5.74, 6) is -2.60. The number of fused-ring (bicyclic) bond motifs is 1. The van der Waals surface area contributed by atoms with Crippen LogP contribution in [0.1, 0.15) is 18.4 Å². The number of halogens is 2. The van der Waals surface area contributed by atoms with E-state index in [1.165, 1.54) is 0 Å². The van der Waals surface area contributed by atoms with Crippen molar-refractivity contribution < 1.29 is 8.78 Å². The zero-order valence-electron chi connectivity index (χ0n) is 14.3. The van der Waals surface area contributed by atoms with Crippen molar-refractivity contribution in [2.24, 2.45) is 5.18 Å². The molecule has 1 aliphatic rings. The molecule has 3 heterocycles. The molecule has 1 fully saturated rings. The number of thiocarbonyl (C=S) groups is 1. The van der Waals surface area contributed by atoms with Crippen LogP contribution in [0.5, 0.6) is 0 Å². The van der Waals surface area contributed by atoms with Gasteiger partial charge in [-0.3, -0.25) is 0 Å². The Balaban J connectivity index is 1.60. The molecule has 27 heavy (non-hydrogen) atoms. The van der Waals surface area contributed by atoms with Crippen molar-refractivity contribution in [1.82, 2.24) is 14.5 Å². The molecule has 0 spiro atoms. The minimum absolute atomic E-state index is 0.176. The molecule has 0 unspecified atom stereocenters. The molecular formula is C19H16F2N4OS. The second kappa shape index (κ2) is 6.77. The molecule has 0 aliphatic carbocycles. The number of rotatable bonds is 3. The first-order chi connectivity index (χ1) is 13.0. The van der Waals surface area contributed by atoms with Crippen molar-refractivity contribution >= 4 is 33.9 Å². The maximum absolute atomic E-state index is 13.4. The Morgan fingerprint density at radius 2 is 1.85 bits per heavy atom. The number of aromatic nitrogens is 2. The van der Waals surface area contributed by atoms with Gasteiger partial charge in [0.05, 0.1) is 0 Å². The Morgan fingerprint density at radius 1 is 1.15 bits per heavy atom. The summed E-state index contributed by atoms with van der Waals surface area (Å²) in [6, 6.07) is 10.7. The van der Waals surface area contributed by atoms with Crippen LogP contribution in [0.2, 0.25) is 0 Å². The van der Waals surface area contributed by atoms with Crippen LogP contribution in [-0.4, -0.2) is 38.5 Å². The van der Waals surface area contributed by atoms with Gasteiger partial charge in [0.15, 0.2) is 0 Å². The van der Waals surface area contributed by atoms with Crippen LogP contribution in [0.25, 0.3) is 16.7 Å². The van der Waals surface area contributed by atoms with Gasteiger partial charge >= 0.3 is 0 Å². The molecule has 3 aromatic rings. The Labute approximate surface area is 159 Å². The molecule has 4 rings (SSSR count). The summed E-state index contributed by atoms with van der Waals surface area (Å²) in [4.78, 5) is 17.4. The maximum Gasteiger partial charge on any atom is 0.251 e. The van der Waals surface area contributed by atoms with E-state index in [1.54, 1.807) is 30.5 Å². The summed E-state index contributed by atoms with van der Waals surface area (Å²) in [7, 11) is 0.